The molecule has 11 heteroatoms. The molecule has 8 nitrogen and oxygen atoms in total. The molecule has 2 amide bonds. The Morgan fingerprint density at radius 3 is 2.69 bits per heavy atom. The third kappa shape index (κ3) is 3.90. The minimum absolute atomic E-state index is 0.0646. The Bertz CT molecular complexity index is 1300. The Labute approximate surface area is 186 Å². The largest absolute Gasteiger partial charge is 0.365 e. The summed E-state index contributed by atoms with van der Waals surface area (Å²) >= 11 is 5.81. The van der Waals surface area contributed by atoms with Gasteiger partial charge in [-0.05, 0) is 17.7 Å². The van der Waals surface area contributed by atoms with Crippen LogP contribution in [-0.2, 0) is 24.3 Å². The van der Waals surface area contributed by atoms with E-state index in [0.717, 1.165) is 6.07 Å². The van der Waals surface area contributed by atoms with Crippen molar-refractivity contribution in [3.05, 3.63) is 75.5 Å². The number of nitrogens with two attached hydrogens (primary N) is 1. The van der Waals surface area contributed by atoms with Crippen LogP contribution in [0.5, 0.6) is 0 Å². The molecule has 162 valence electrons. The molecule has 0 saturated carbocycles. The van der Waals surface area contributed by atoms with Crippen LogP contribution in [0.15, 0.2) is 30.5 Å². The molecule has 0 atom stereocenters. The number of aromatic nitrogens is 3. The highest BCUT2D eigenvalue weighted by Crippen LogP contribution is 2.30. The van der Waals surface area contributed by atoms with Crippen LogP contribution in [-0.4, -0.2) is 38.0 Å². The molecule has 3 aromatic rings. The van der Waals surface area contributed by atoms with Crippen molar-refractivity contribution in [1.29, 1.82) is 0 Å². The second-order valence-electron chi connectivity index (χ2n) is 7.14. The third-order valence-corrected chi connectivity index (χ3v) is 5.40. The number of carbonyl (C=O) groups is 2. The van der Waals surface area contributed by atoms with E-state index in [1.54, 1.807) is 4.68 Å². The molecular formula is C21H15ClF2N6O2. The van der Waals surface area contributed by atoms with Gasteiger partial charge in [-0.2, -0.15) is 9.49 Å². The minimum atomic E-state index is -0.849. The van der Waals surface area contributed by atoms with Crippen LogP contribution in [0.1, 0.15) is 21.6 Å². The van der Waals surface area contributed by atoms with Gasteiger partial charge < -0.3 is 10.6 Å². The van der Waals surface area contributed by atoms with Gasteiger partial charge in [-0.15, -0.1) is 0 Å². The lowest BCUT2D eigenvalue weighted by Gasteiger charge is -2.28. The van der Waals surface area contributed by atoms with E-state index in [0.29, 0.717) is 29.9 Å². The number of amides is 2. The monoisotopic (exact) mass is 456 g/mol. The predicted octanol–water partition coefficient (Wildman–Crippen LogP) is 3.11. The maximum Gasteiger partial charge on any atom is 0.252 e. The van der Waals surface area contributed by atoms with Gasteiger partial charge in [0.25, 0.3) is 5.91 Å². The van der Waals surface area contributed by atoms with Gasteiger partial charge in [0.05, 0.1) is 42.4 Å². The number of benzene rings is 1. The Morgan fingerprint density at radius 1 is 1.25 bits per heavy atom. The van der Waals surface area contributed by atoms with Crippen LogP contribution in [0.2, 0.25) is 5.02 Å². The Morgan fingerprint density at radius 2 is 2.03 bits per heavy atom. The molecule has 2 N–H and O–H groups in total. The summed E-state index contributed by atoms with van der Waals surface area (Å²) in [5.41, 5.74) is 6.96. The second kappa shape index (κ2) is 8.36. The molecule has 4 rings (SSSR count). The van der Waals surface area contributed by atoms with E-state index in [4.69, 9.17) is 23.9 Å². The summed E-state index contributed by atoms with van der Waals surface area (Å²) in [4.78, 5) is 33.2. The van der Waals surface area contributed by atoms with Crippen molar-refractivity contribution in [3.8, 4) is 11.3 Å². The number of rotatable bonds is 4. The van der Waals surface area contributed by atoms with Gasteiger partial charge in [0, 0.05) is 18.3 Å². The van der Waals surface area contributed by atoms with E-state index in [1.165, 1.54) is 29.3 Å². The van der Waals surface area contributed by atoms with E-state index in [-0.39, 0.29) is 40.8 Å². The summed E-state index contributed by atoms with van der Waals surface area (Å²) < 4.78 is 28.9. The van der Waals surface area contributed by atoms with Crippen LogP contribution in [0.25, 0.3) is 16.1 Å². The third-order valence-electron chi connectivity index (χ3n) is 5.14. The molecule has 0 spiro atoms. The zero-order chi connectivity index (χ0) is 23.0. The molecule has 1 aliphatic heterocycles. The molecule has 0 unspecified atom stereocenters. The Balaban J connectivity index is 1.61. The first-order valence-electron chi connectivity index (χ1n) is 9.43. The van der Waals surface area contributed by atoms with Crippen molar-refractivity contribution in [3.63, 3.8) is 0 Å². The van der Waals surface area contributed by atoms with E-state index in [9.17, 15) is 18.4 Å². The molecule has 1 aromatic carbocycles. The number of carbonyl (C=O) groups excluding carboxylic acids is 2. The number of nitrogens with zero attached hydrogens (tertiary/aromatic N) is 5. The van der Waals surface area contributed by atoms with Gasteiger partial charge in [0.15, 0.2) is 0 Å². The fourth-order valence-corrected chi connectivity index (χ4v) is 3.75. The maximum atomic E-state index is 13.9. The summed E-state index contributed by atoms with van der Waals surface area (Å²) in [6, 6.07) is 5.32. The fraction of sp³-hybridized carbons (Fsp3) is 0.190. The highest BCUT2D eigenvalue weighted by molar-refractivity contribution is 6.30. The summed E-state index contributed by atoms with van der Waals surface area (Å²) in [5.74, 6) is -2.57. The number of pyridine rings is 1. The van der Waals surface area contributed by atoms with E-state index in [1.807, 2.05) is 0 Å². The van der Waals surface area contributed by atoms with Crippen LogP contribution < -0.4 is 5.73 Å². The van der Waals surface area contributed by atoms with Gasteiger partial charge in [-0.1, -0.05) is 23.7 Å². The van der Waals surface area contributed by atoms with Crippen LogP contribution in [0.4, 0.5) is 14.5 Å². The first-order valence-corrected chi connectivity index (χ1v) is 9.81. The zero-order valence-electron chi connectivity index (χ0n) is 16.5. The van der Waals surface area contributed by atoms with Crippen molar-refractivity contribution in [1.82, 2.24) is 19.7 Å². The highest BCUT2D eigenvalue weighted by Gasteiger charge is 2.30. The number of fused-ring (bicyclic) bond motifs is 1. The van der Waals surface area contributed by atoms with Gasteiger partial charge in [-0.25, -0.2) is 14.2 Å². The van der Waals surface area contributed by atoms with Crippen molar-refractivity contribution < 1.29 is 18.4 Å². The summed E-state index contributed by atoms with van der Waals surface area (Å²) in [6.45, 7) is 7.58. The van der Waals surface area contributed by atoms with Crippen molar-refractivity contribution in [2.45, 2.75) is 19.5 Å². The number of primary amides is 1. The average molecular weight is 457 g/mol. The predicted molar refractivity (Wildman–Crippen MR) is 111 cm³/mol. The normalized spacial score (nSPS) is 12.9. The van der Waals surface area contributed by atoms with Crippen molar-refractivity contribution in [2.24, 2.45) is 5.73 Å². The zero-order valence-corrected chi connectivity index (χ0v) is 17.2. The topological polar surface area (TPSA) is 98.5 Å². The van der Waals surface area contributed by atoms with Gasteiger partial charge in [-0.3, -0.25) is 14.3 Å². The van der Waals surface area contributed by atoms with Crippen LogP contribution in [0, 0.1) is 18.3 Å². The van der Waals surface area contributed by atoms with Gasteiger partial charge >= 0.3 is 0 Å². The fourth-order valence-electron chi connectivity index (χ4n) is 3.58. The van der Waals surface area contributed by atoms with Crippen molar-refractivity contribution >= 4 is 29.1 Å². The average Bonchev–Trinajstić information content (AvgIpc) is 3.14. The molecule has 32 heavy (non-hydrogen) atoms. The van der Waals surface area contributed by atoms with E-state index < -0.39 is 17.7 Å². The second-order valence-corrected chi connectivity index (χ2v) is 7.55. The lowest BCUT2D eigenvalue weighted by Crippen LogP contribution is -2.40. The molecule has 3 heterocycles. The molecular weight excluding hydrogens is 442 g/mol. The van der Waals surface area contributed by atoms with E-state index in [2.05, 4.69) is 14.9 Å². The summed E-state index contributed by atoms with van der Waals surface area (Å²) in [5, 5.41) is 4.18. The molecule has 0 radical (unpaired) electrons. The lowest BCUT2D eigenvalue weighted by atomic mass is 10.1. The standard InChI is InChI=1S/C21H15ClF2N6O2/c1-26-15-3-2-11(6-14(15)23)7-17(31)29-4-5-30-16(10-29)18(21(25)32)19(28-30)12-8-13(22)20(24)27-9-12/h2-3,6,8-9H,4-5,7,10H2,(H2,25,32). The number of hydrogen-bond donors (Lipinski definition) is 1. The molecule has 0 fully saturated rings. The quantitative estimate of drug-likeness (QED) is 0.481. The maximum absolute atomic E-state index is 13.9. The lowest BCUT2D eigenvalue weighted by molar-refractivity contribution is -0.132. The smallest absolute Gasteiger partial charge is 0.252 e. The molecule has 0 aliphatic carbocycles. The molecule has 0 saturated heterocycles. The SMILES string of the molecule is [C-]#[N+]c1ccc(CC(=O)N2CCn3nc(-c4cnc(F)c(Cl)c4)c(C(N)=O)c3C2)cc1F. The van der Waals surface area contributed by atoms with Crippen molar-refractivity contribution in [2.75, 3.05) is 6.54 Å². The Hall–Kier alpha value is -3.84. The molecule has 1 aliphatic rings. The summed E-state index contributed by atoms with van der Waals surface area (Å²) in [6.07, 6.45) is 1.13. The number of halogens is 3. The van der Waals surface area contributed by atoms with Gasteiger partial charge in [0.2, 0.25) is 17.5 Å². The molecule has 2 aromatic heterocycles. The molecule has 0 bridgehead atoms. The Kier molecular flexibility index (Phi) is 5.59. The highest BCUT2D eigenvalue weighted by atomic mass is 35.5. The van der Waals surface area contributed by atoms with Crippen LogP contribution in [0.3, 0.4) is 0 Å². The minimum Gasteiger partial charge on any atom is -0.365 e. The van der Waals surface area contributed by atoms with Crippen LogP contribution >= 0.6 is 11.6 Å². The summed E-state index contributed by atoms with van der Waals surface area (Å²) in [7, 11) is 0. The first-order chi connectivity index (χ1) is 15.3. The van der Waals surface area contributed by atoms with E-state index >= 15 is 0 Å². The number of hydrogen-bond acceptors (Lipinski definition) is 4. The van der Waals surface area contributed by atoms with Gasteiger partial charge in [0.1, 0.15) is 11.5 Å². The first kappa shape index (κ1) is 21.4.